The number of halogens is 4. The standard InChI is InChI=1S/C22H19F4N3O3S2/c1-34(31,32)15-3-4-16(20-27-6-11-33-20)17(13-15)21(30)29-9-7-28(8-10-29)19-5-2-14(12-18(19)23)22(24,25)26/h2-6,11-13H,7-10H2,1H3. The molecule has 0 aliphatic carbocycles. The highest BCUT2D eigenvalue weighted by atomic mass is 32.2. The maximum absolute atomic E-state index is 14.4. The molecule has 0 unspecified atom stereocenters. The first-order valence-corrected chi connectivity index (χ1v) is 12.9. The lowest BCUT2D eigenvalue weighted by Crippen LogP contribution is -2.49. The smallest absolute Gasteiger partial charge is 0.366 e. The summed E-state index contributed by atoms with van der Waals surface area (Å²) in [6, 6.07) is 6.68. The van der Waals surface area contributed by atoms with E-state index in [0.717, 1.165) is 18.4 Å². The number of aromatic nitrogens is 1. The summed E-state index contributed by atoms with van der Waals surface area (Å²) >= 11 is 1.31. The van der Waals surface area contributed by atoms with Gasteiger partial charge in [-0.05, 0) is 36.4 Å². The van der Waals surface area contributed by atoms with Gasteiger partial charge in [-0.1, -0.05) is 0 Å². The fraction of sp³-hybridized carbons (Fsp3) is 0.273. The number of rotatable bonds is 4. The van der Waals surface area contributed by atoms with Gasteiger partial charge in [0.15, 0.2) is 9.84 Å². The fourth-order valence-corrected chi connectivity index (χ4v) is 5.06. The molecule has 3 aromatic rings. The predicted molar refractivity (Wildman–Crippen MR) is 120 cm³/mol. The van der Waals surface area contributed by atoms with Gasteiger partial charge in [0.1, 0.15) is 10.8 Å². The molecule has 12 heteroatoms. The number of piperazine rings is 1. The van der Waals surface area contributed by atoms with Crippen molar-refractivity contribution in [3.05, 3.63) is 64.9 Å². The first-order valence-electron chi connectivity index (χ1n) is 10.1. The van der Waals surface area contributed by atoms with E-state index in [1.165, 1.54) is 28.4 Å². The molecule has 1 aromatic heterocycles. The third-order valence-corrected chi connectivity index (χ3v) is 7.41. The molecule has 4 rings (SSSR count). The van der Waals surface area contributed by atoms with Gasteiger partial charge < -0.3 is 9.80 Å². The summed E-state index contributed by atoms with van der Waals surface area (Å²) in [5.74, 6) is -1.38. The molecule has 0 bridgehead atoms. The molecule has 1 fully saturated rings. The Bertz CT molecular complexity index is 1320. The van der Waals surface area contributed by atoms with E-state index in [0.29, 0.717) is 16.6 Å². The number of alkyl halides is 3. The zero-order valence-electron chi connectivity index (χ0n) is 17.8. The topological polar surface area (TPSA) is 70.6 Å². The number of carbonyl (C=O) groups is 1. The largest absolute Gasteiger partial charge is 0.416 e. The van der Waals surface area contributed by atoms with E-state index >= 15 is 0 Å². The van der Waals surface area contributed by atoms with E-state index in [2.05, 4.69) is 4.98 Å². The molecule has 1 aliphatic rings. The Kier molecular flexibility index (Phi) is 6.38. The summed E-state index contributed by atoms with van der Waals surface area (Å²) in [5, 5.41) is 2.31. The highest BCUT2D eigenvalue weighted by molar-refractivity contribution is 7.90. The Morgan fingerprint density at radius 1 is 1.06 bits per heavy atom. The van der Waals surface area contributed by atoms with Crippen LogP contribution in [-0.4, -0.2) is 56.6 Å². The highest BCUT2D eigenvalue weighted by Crippen LogP contribution is 2.33. The van der Waals surface area contributed by atoms with E-state index in [1.54, 1.807) is 22.5 Å². The predicted octanol–water partition coefficient (Wildman–Crippen LogP) is 4.33. The molecule has 180 valence electrons. The van der Waals surface area contributed by atoms with Gasteiger partial charge in [-0.25, -0.2) is 17.8 Å². The lowest BCUT2D eigenvalue weighted by atomic mass is 10.1. The third-order valence-electron chi connectivity index (χ3n) is 5.49. The van der Waals surface area contributed by atoms with Gasteiger partial charge in [-0.3, -0.25) is 4.79 Å². The molecule has 1 aliphatic heterocycles. The van der Waals surface area contributed by atoms with Crippen molar-refractivity contribution in [2.75, 3.05) is 37.3 Å². The minimum absolute atomic E-state index is 0.00150. The summed E-state index contributed by atoms with van der Waals surface area (Å²) in [5.41, 5.74) is -0.346. The van der Waals surface area contributed by atoms with Crippen LogP contribution in [0.1, 0.15) is 15.9 Å². The van der Waals surface area contributed by atoms with Gasteiger partial charge in [-0.2, -0.15) is 13.2 Å². The summed E-state index contributed by atoms with van der Waals surface area (Å²) in [6.07, 6.45) is -2.01. The molecular weight excluding hydrogens is 494 g/mol. The van der Waals surface area contributed by atoms with Crippen LogP contribution in [0.25, 0.3) is 10.6 Å². The maximum Gasteiger partial charge on any atom is 0.416 e. The molecule has 2 heterocycles. The van der Waals surface area contributed by atoms with Gasteiger partial charge >= 0.3 is 6.18 Å². The molecule has 0 spiro atoms. The van der Waals surface area contributed by atoms with Crippen molar-refractivity contribution < 1.29 is 30.8 Å². The van der Waals surface area contributed by atoms with Crippen molar-refractivity contribution in [2.24, 2.45) is 0 Å². The number of thiazole rings is 1. The third kappa shape index (κ3) is 4.92. The molecule has 0 radical (unpaired) electrons. The maximum atomic E-state index is 14.4. The zero-order valence-corrected chi connectivity index (χ0v) is 19.5. The van der Waals surface area contributed by atoms with Crippen molar-refractivity contribution in [1.29, 1.82) is 0 Å². The SMILES string of the molecule is CS(=O)(=O)c1ccc(-c2nccs2)c(C(=O)N2CCN(c3ccc(C(F)(F)F)cc3F)CC2)c1. The van der Waals surface area contributed by atoms with Crippen LogP contribution in [0.5, 0.6) is 0 Å². The Morgan fingerprint density at radius 2 is 1.76 bits per heavy atom. The Hall–Kier alpha value is -2.99. The van der Waals surface area contributed by atoms with Crippen LogP contribution in [-0.2, 0) is 16.0 Å². The van der Waals surface area contributed by atoms with Gasteiger partial charge in [0, 0.05) is 49.6 Å². The molecule has 1 saturated heterocycles. The molecule has 0 atom stereocenters. The van der Waals surface area contributed by atoms with E-state index < -0.39 is 33.3 Å². The quantitative estimate of drug-likeness (QED) is 0.486. The Morgan fingerprint density at radius 3 is 2.32 bits per heavy atom. The molecule has 0 N–H and O–H groups in total. The van der Waals surface area contributed by atoms with Crippen LogP contribution in [0, 0.1) is 5.82 Å². The van der Waals surface area contributed by atoms with Crippen LogP contribution < -0.4 is 4.90 Å². The van der Waals surface area contributed by atoms with Gasteiger partial charge in [0.2, 0.25) is 0 Å². The van der Waals surface area contributed by atoms with Crippen molar-refractivity contribution in [3.8, 4) is 10.6 Å². The number of sulfone groups is 1. The number of anilines is 1. The molecule has 2 aromatic carbocycles. The van der Waals surface area contributed by atoms with Crippen molar-refractivity contribution in [3.63, 3.8) is 0 Å². The summed E-state index contributed by atoms with van der Waals surface area (Å²) in [7, 11) is -3.56. The number of hydrogen-bond donors (Lipinski definition) is 0. The van der Waals surface area contributed by atoms with Gasteiger partial charge in [-0.15, -0.1) is 11.3 Å². The van der Waals surface area contributed by atoms with Crippen LogP contribution in [0.15, 0.2) is 52.9 Å². The lowest BCUT2D eigenvalue weighted by Gasteiger charge is -2.36. The van der Waals surface area contributed by atoms with Crippen LogP contribution in [0.4, 0.5) is 23.2 Å². The molecule has 0 saturated carbocycles. The summed E-state index contributed by atoms with van der Waals surface area (Å²) < 4.78 is 76.9. The minimum atomic E-state index is -4.64. The van der Waals surface area contributed by atoms with Crippen LogP contribution in [0.3, 0.4) is 0 Å². The highest BCUT2D eigenvalue weighted by Gasteiger charge is 2.32. The lowest BCUT2D eigenvalue weighted by molar-refractivity contribution is -0.137. The molecule has 6 nitrogen and oxygen atoms in total. The Balaban J connectivity index is 1.56. The van der Waals surface area contributed by atoms with Crippen molar-refractivity contribution in [2.45, 2.75) is 11.1 Å². The second-order valence-electron chi connectivity index (χ2n) is 7.76. The van der Waals surface area contributed by atoms with Crippen molar-refractivity contribution in [1.82, 2.24) is 9.88 Å². The van der Waals surface area contributed by atoms with E-state index in [4.69, 9.17) is 0 Å². The monoisotopic (exact) mass is 513 g/mol. The summed E-state index contributed by atoms with van der Waals surface area (Å²) in [6.45, 7) is 0.762. The zero-order chi connectivity index (χ0) is 24.7. The van der Waals surface area contributed by atoms with E-state index in [-0.39, 0.29) is 42.3 Å². The van der Waals surface area contributed by atoms with Crippen molar-refractivity contribution >= 4 is 32.8 Å². The number of carbonyl (C=O) groups excluding carboxylic acids is 1. The van der Waals surface area contributed by atoms with E-state index in [1.807, 2.05) is 0 Å². The average Bonchev–Trinajstić information content (AvgIpc) is 3.32. The summed E-state index contributed by atoms with van der Waals surface area (Å²) in [4.78, 5) is 20.7. The van der Waals surface area contributed by atoms with Gasteiger partial charge in [0.05, 0.1) is 21.7 Å². The minimum Gasteiger partial charge on any atom is -0.366 e. The number of benzene rings is 2. The number of nitrogens with zero attached hydrogens (tertiary/aromatic N) is 3. The normalized spacial score (nSPS) is 15.0. The average molecular weight is 514 g/mol. The molecular formula is C22H19F4N3O3S2. The number of amides is 1. The first kappa shape index (κ1) is 24.1. The fourth-order valence-electron chi connectivity index (χ4n) is 3.73. The Labute approximate surface area is 197 Å². The first-order chi connectivity index (χ1) is 15.9. The van der Waals surface area contributed by atoms with E-state index in [9.17, 15) is 30.8 Å². The van der Waals surface area contributed by atoms with Crippen LogP contribution >= 0.6 is 11.3 Å². The second kappa shape index (κ2) is 8.99. The molecule has 1 amide bonds. The molecule has 34 heavy (non-hydrogen) atoms. The van der Waals surface area contributed by atoms with Gasteiger partial charge in [0.25, 0.3) is 5.91 Å². The van der Waals surface area contributed by atoms with Crippen LogP contribution in [0.2, 0.25) is 0 Å². The second-order valence-corrected chi connectivity index (χ2v) is 10.7. The number of hydrogen-bond acceptors (Lipinski definition) is 6.